The van der Waals surface area contributed by atoms with E-state index in [1.54, 1.807) is 0 Å². The standard InChI is InChI=1S/C68H126O6/c1-4-7-10-13-16-19-22-25-28-30-31-32-33-34-35-36-37-38-41-43-46-49-52-55-58-61-67(70)73-64-65(63-72-66(69)60-57-54-51-48-45-42-39-27-24-21-18-15-12-9-6-3)74-68(71)62-59-56-53-50-47-44-40-29-26-23-20-17-14-11-8-5-2/h9,12,18,21,27,39,65H,4-8,10-11,13-17,19-20,22-26,28-38,40-64H2,1-3H3/b12-9-,21-18-,39-27-. The molecule has 0 aliphatic rings. The third-order valence-corrected chi connectivity index (χ3v) is 14.9. The highest BCUT2D eigenvalue weighted by molar-refractivity contribution is 5.71. The number of ether oxygens (including phenoxy) is 3. The molecule has 0 aromatic carbocycles. The summed E-state index contributed by atoms with van der Waals surface area (Å²) < 4.78 is 16.9. The summed E-state index contributed by atoms with van der Waals surface area (Å²) in [4.78, 5) is 38.3. The van der Waals surface area contributed by atoms with Gasteiger partial charge in [-0.25, -0.2) is 0 Å². The average Bonchev–Trinajstić information content (AvgIpc) is 3.40. The number of rotatable bonds is 61. The lowest BCUT2D eigenvalue weighted by Gasteiger charge is -2.18. The lowest BCUT2D eigenvalue weighted by Crippen LogP contribution is -2.30. The van der Waals surface area contributed by atoms with Crippen molar-refractivity contribution in [2.45, 2.75) is 367 Å². The summed E-state index contributed by atoms with van der Waals surface area (Å²) in [5.74, 6) is -0.863. The van der Waals surface area contributed by atoms with Crippen LogP contribution in [0.3, 0.4) is 0 Å². The van der Waals surface area contributed by atoms with Crippen LogP contribution in [-0.4, -0.2) is 37.2 Å². The van der Waals surface area contributed by atoms with Gasteiger partial charge in [0, 0.05) is 19.3 Å². The second-order valence-corrected chi connectivity index (χ2v) is 22.4. The first-order valence-corrected chi connectivity index (χ1v) is 33.0. The minimum absolute atomic E-state index is 0.0721. The summed E-state index contributed by atoms with van der Waals surface area (Å²) in [6, 6.07) is 0. The molecule has 0 spiro atoms. The zero-order valence-electron chi connectivity index (χ0n) is 49.9. The number of hydrogen-bond acceptors (Lipinski definition) is 6. The summed E-state index contributed by atoms with van der Waals surface area (Å²) in [7, 11) is 0. The van der Waals surface area contributed by atoms with Crippen molar-refractivity contribution in [2.24, 2.45) is 0 Å². The highest BCUT2D eigenvalue weighted by Gasteiger charge is 2.19. The van der Waals surface area contributed by atoms with Crippen molar-refractivity contribution in [1.29, 1.82) is 0 Å². The Labute approximate surface area is 461 Å². The maximum atomic E-state index is 12.9. The molecular weight excluding hydrogens is 913 g/mol. The number of carbonyl (C=O) groups is 3. The van der Waals surface area contributed by atoms with Crippen molar-refractivity contribution in [2.75, 3.05) is 13.2 Å². The van der Waals surface area contributed by atoms with Gasteiger partial charge in [-0.2, -0.15) is 0 Å². The lowest BCUT2D eigenvalue weighted by atomic mass is 10.0. The lowest BCUT2D eigenvalue weighted by molar-refractivity contribution is -0.167. The Hall–Kier alpha value is -2.37. The molecule has 0 saturated carbocycles. The van der Waals surface area contributed by atoms with E-state index in [9.17, 15) is 14.4 Å². The predicted octanol–water partition coefficient (Wildman–Crippen LogP) is 22.4. The van der Waals surface area contributed by atoms with E-state index in [1.165, 1.54) is 225 Å². The fourth-order valence-corrected chi connectivity index (χ4v) is 9.99. The van der Waals surface area contributed by atoms with E-state index in [4.69, 9.17) is 14.2 Å². The Morgan fingerprint density at radius 3 is 0.824 bits per heavy atom. The van der Waals surface area contributed by atoms with E-state index in [0.29, 0.717) is 19.3 Å². The van der Waals surface area contributed by atoms with Gasteiger partial charge in [-0.05, 0) is 51.4 Å². The van der Waals surface area contributed by atoms with E-state index >= 15 is 0 Å². The molecule has 0 amide bonds. The van der Waals surface area contributed by atoms with Gasteiger partial charge in [0.25, 0.3) is 0 Å². The number of hydrogen-bond donors (Lipinski definition) is 0. The molecule has 0 saturated heterocycles. The second kappa shape index (κ2) is 63.2. The first-order chi connectivity index (χ1) is 36.5. The fraction of sp³-hybridized carbons (Fsp3) is 0.868. The third kappa shape index (κ3) is 60.5. The van der Waals surface area contributed by atoms with Gasteiger partial charge >= 0.3 is 17.9 Å². The summed E-state index contributed by atoms with van der Waals surface area (Å²) >= 11 is 0. The van der Waals surface area contributed by atoms with E-state index in [0.717, 1.165) is 96.3 Å². The van der Waals surface area contributed by atoms with Crippen LogP contribution < -0.4 is 0 Å². The predicted molar refractivity (Wildman–Crippen MR) is 321 cm³/mol. The van der Waals surface area contributed by atoms with Crippen LogP contribution in [-0.2, 0) is 28.6 Å². The Kier molecular flexibility index (Phi) is 61.1. The van der Waals surface area contributed by atoms with E-state index < -0.39 is 6.10 Å². The van der Waals surface area contributed by atoms with Crippen LogP contribution in [0.1, 0.15) is 361 Å². The first kappa shape index (κ1) is 71.6. The van der Waals surface area contributed by atoms with E-state index in [-0.39, 0.29) is 31.1 Å². The van der Waals surface area contributed by atoms with Gasteiger partial charge in [0.05, 0.1) is 0 Å². The molecule has 1 unspecified atom stereocenters. The molecule has 0 N–H and O–H groups in total. The van der Waals surface area contributed by atoms with Gasteiger partial charge in [-0.15, -0.1) is 0 Å². The monoisotopic (exact) mass is 1040 g/mol. The molecule has 0 aromatic heterocycles. The van der Waals surface area contributed by atoms with Gasteiger partial charge in [-0.1, -0.05) is 327 Å². The van der Waals surface area contributed by atoms with Crippen LogP contribution in [0.2, 0.25) is 0 Å². The van der Waals surface area contributed by atoms with Crippen LogP contribution in [0.25, 0.3) is 0 Å². The zero-order valence-corrected chi connectivity index (χ0v) is 49.9. The SMILES string of the molecule is CC/C=C\C/C=C\C/C=C\CCCCCCCC(=O)OCC(COC(=O)CCCCCCCCCCCCCCCCCCCCCCCCCCC)OC(=O)CCCCCCCCCCCCCCCCCC. The average molecular weight is 1040 g/mol. The number of unbranched alkanes of at least 4 members (excludes halogenated alkanes) is 44. The molecular formula is C68H126O6. The molecule has 0 aliphatic heterocycles. The van der Waals surface area contributed by atoms with Crippen molar-refractivity contribution in [1.82, 2.24) is 0 Å². The fourth-order valence-electron chi connectivity index (χ4n) is 9.99. The number of allylic oxidation sites excluding steroid dienone is 6. The molecule has 0 aliphatic carbocycles. The summed E-state index contributed by atoms with van der Waals surface area (Å²) in [6.07, 6.45) is 77.4. The summed E-state index contributed by atoms with van der Waals surface area (Å²) in [5, 5.41) is 0. The first-order valence-electron chi connectivity index (χ1n) is 33.0. The van der Waals surface area contributed by atoms with Crippen molar-refractivity contribution >= 4 is 17.9 Å². The van der Waals surface area contributed by atoms with Crippen LogP contribution in [0.5, 0.6) is 0 Å². The van der Waals surface area contributed by atoms with Crippen molar-refractivity contribution in [3.8, 4) is 0 Å². The quantitative estimate of drug-likeness (QED) is 0.0261. The topological polar surface area (TPSA) is 78.9 Å². The van der Waals surface area contributed by atoms with Crippen LogP contribution in [0.4, 0.5) is 0 Å². The second-order valence-electron chi connectivity index (χ2n) is 22.4. The number of esters is 3. The Morgan fingerprint density at radius 2 is 0.527 bits per heavy atom. The molecule has 6 heteroatoms. The van der Waals surface area contributed by atoms with Crippen molar-refractivity contribution in [3.63, 3.8) is 0 Å². The molecule has 0 aromatic rings. The third-order valence-electron chi connectivity index (χ3n) is 14.9. The van der Waals surface area contributed by atoms with Gasteiger partial charge in [-0.3, -0.25) is 14.4 Å². The highest BCUT2D eigenvalue weighted by atomic mass is 16.6. The Bertz CT molecular complexity index is 1240. The summed E-state index contributed by atoms with van der Waals surface area (Å²) in [6.45, 7) is 6.58. The molecule has 74 heavy (non-hydrogen) atoms. The minimum atomic E-state index is -0.776. The molecule has 0 rings (SSSR count). The van der Waals surface area contributed by atoms with Crippen molar-refractivity contribution < 1.29 is 28.6 Å². The van der Waals surface area contributed by atoms with Gasteiger partial charge in [0.15, 0.2) is 6.10 Å². The van der Waals surface area contributed by atoms with Gasteiger partial charge in [0.2, 0.25) is 0 Å². The smallest absolute Gasteiger partial charge is 0.306 e. The van der Waals surface area contributed by atoms with Crippen LogP contribution in [0.15, 0.2) is 36.5 Å². The Morgan fingerprint density at radius 1 is 0.284 bits per heavy atom. The molecule has 0 radical (unpaired) electrons. The zero-order chi connectivity index (χ0) is 53.6. The van der Waals surface area contributed by atoms with Crippen molar-refractivity contribution in [3.05, 3.63) is 36.5 Å². The van der Waals surface area contributed by atoms with E-state index in [1.807, 2.05) is 0 Å². The Balaban J connectivity index is 4.24. The molecule has 0 fully saturated rings. The molecule has 434 valence electrons. The van der Waals surface area contributed by atoms with Gasteiger partial charge < -0.3 is 14.2 Å². The normalized spacial score (nSPS) is 12.2. The van der Waals surface area contributed by atoms with Gasteiger partial charge in [0.1, 0.15) is 13.2 Å². The maximum absolute atomic E-state index is 12.9. The minimum Gasteiger partial charge on any atom is -0.462 e. The highest BCUT2D eigenvalue weighted by Crippen LogP contribution is 2.18. The maximum Gasteiger partial charge on any atom is 0.306 e. The van der Waals surface area contributed by atoms with Crippen LogP contribution in [0, 0.1) is 0 Å². The number of carbonyl (C=O) groups excluding carboxylic acids is 3. The molecule has 0 heterocycles. The van der Waals surface area contributed by atoms with E-state index in [2.05, 4.69) is 57.2 Å². The largest absolute Gasteiger partial charge is 0.462 e. The molecule has 6 nitrogen and oxygen atoms in total. The molecule has 1 atom stereocenters. The van der Waals surface area contributed by atoms with Crippen LogP contribution >= 0.6 is 0 Å². The molecule has 0 bridgehead atoms. The summed E-state index contributed by atoms with van der Waals surface area (Å²) in [5.41, 5.74) is 0.